The molecule has 0 aliphatic rings. The van der Waals surface area contributed by atoms with Crippen molar-refractivity contribution >= 4 is 23.5 Å². The molecule has 0 aliphatic carbocycles. The van der Waals surface area contributed by atoms with E-state index in [0.29, 0.717) is 11.4 Å². The molecule has 1 atom stereocenters. The van der Waals surface area contributed by atoms with E-state index in [-0.39, 0.29) is 18.4 Å². The maximum Gasteiger partial charge on any atom is 0.308 e. The quantitative estimate of drug-likeness (QED) is 0.806. The van der Waals surface area contributed by atoms with Gasteiger partial charge in [-0.2, -0.15) is 0 Å². The molecule has 0 aliphatic heterocycles. The Balaban J connectivity index is 2.74. The van der Waals surface area contributed by atoms with Crippen LogP contribution in [0.2, 0.25) is 5.02 Å². The molecule has 0 fully saturated rings. The Morgan fingerprint density at radius 1 is 1.23 bits per heavy atom. The Morgan fingerprint density at radius 2 is 1.77 bits per heavy atom. The van der Waals surface area contributed by atoms with Crippen LogP contribution >= 0.6 is 11.6 Å². The summed E-state index contributed by atoms with van der Waals surface area (Å²) >= 11 is 5.86. The molecule has 0 bridgehead atoms. The first-order chi connectivity index (χ1) is 10.1. The molecule has 0 spiro atoms. The molecule has 122 valence electrons. The second kappa shape index (κ2) is 7.63. The fourth-order valence-electron chi connectivity index (χ4n) is 2.28. The molecule has 5 heteroatoms. The van der Waals surface area contributed by atoms with E-state index in [4.69, 9.17) is 11.6 Å². The lowest BCUT2D eigenvalue weighted by atomic mass is 9.83. The van der Waals surface area contributed by atoms with Crippen molar-refractivity contribution in [2.24, 2.45) is 11.8 Å². The number of aliphatic carboxylic acids is 1. The average Bonchev–Trinajstić information content (AvgIpc) is 2.42. The number of rotatable bonds is 7. The van der Waals surface area contributed by atoms with Crippen molar-refractivity contribution in [3.63, 3.8) is 0 Å². The highest BCUT2D eigenvalue weighted by molar-refractivity contribution is 6.30. The van der Waals surface area contributed by atoms with Gasteiger partial charge in [0.15, 0.2) is 0 Å². The predicted octanol–water partition coefficient (Wildman–Crippen LogP) is 3.48. The smallest absolute Gasteiger partial charge is 0.308 e. The van der Waals surface area contributed by atoms with Gasteiger partial charge in [0.25, 0.3) is 0 Å². The Morgan fingerprint density at radius 3 is 2.23 bits per heavy atom. The van der Waals surface area contributed by atoms with E-state index in [1.54, 1.807) is 12.1 Å². The van der Waals surface area contributed by atoms with Gasteiger partial charge in [0.05, 0.1) is 11.3 Å². The Kier molecular flexibility index (Phi) is 6.42. The summed E-state index contributed by atoms with van der Waals surface area (Å²) in [5.74, 6) is -1.37. The molecule has 4 nitrogen and oxygen atoms in total. The number of benzene rings is 1. The van der Waals surface area contributed by atoms with E-state index >= 15 is 0 Å². The van der Waals surface area contributed by atoms with E-state index in [1.807, 2.05) is 39.8 Å². The number of carboxylic acids is 1. The zero-order valence-corrected chi connectivity index (χ0v) is 14.3. The molecule has 1 aromatic rings. The molecule has 1 aromatic carbocycles. The largest absolute Gasteiger partial charge is 0.481 e. The highest BCUT2D eigenvalue weighted by Crippen LogP contribution is 2.25. The minimum Gasteiger partial charge on any atom is -0.481 e. The number of carbonyl (C=O) groups is 2. The number of carboxylic acid groups (broad SMARTS) is 1. The van der Waals surface area contributed by atoms with Gasteiger partial charge < -0.3 is 10.4 Å². The third-order valence-corrected chi connectivity index (χ3v) is 4.00. The molecule has 1 rings (SSSR count). The molecule has 1 unspecified atom stereocenters. The first-order valence-corrected chi connectivity index (χ1v) is 7.79. The predicted molar refractivity (Wildman–Crippen MR) is 88.1 cm³/mol. The van der Waals surface area contributed by atoms with E-state index in [0.717, 1.165) is 5.56 Å². The van der Waals surface area contributed by atoms with Crippen LogP contribution in [-0.4, -0.2) is 23.5 Å². The second-order valence-corrected chi connectivity index (χ2v) is 6.94. The molecular weight excluding hydrogens is 302 g/mol. The van der Waals surface area contributed by atoms with E-state index < -0.39 is 17.3 Å². The third kappa shape index (κ3) is 5.02. The summed E-state index contributed by atoms with van der Waals surface area (Å²) in [4.78, 5) is 23.7. The lowest BCUT2D eigenvalue weighted by Crippen LogP contribution is -2.43. The SMILES string of the molecule is CC(C)CC(CNC(=O)C(C)(C)c1ccc(Cl)cc1)C(=O)O. The minimum absolute atomic E-state index is 0.142. The number of hydrogen-bond acceptors (Lipinski definition) is 2. The zero-order valence-electron chi connectivity index (χ0n) is 13.5. The standard InChI is InChI=1S/C17H24ClNO3/c1-11(2)9-12(15(20)21)10-19-16(22)17(3,4)13-5-7-14(18)8-6-13/h5-8,11-12H,9-10H2,1-4H3,(H,19,22)(H,20,21). The van der Waals surface area contributed by atoms with Crippen LogP contribution in [0, 0.1) is 11.8 Å². The highest BCUT2D eigenvalue weighted by Gasteiger charge is 2.30. The highest BCUT2D eigenvalue weighted by atomic mass is 35.5. The summed E-state index contributed by atoms with van der Waals surface area (Å²) in [6.07, 6.45) is 0.539. The summed E-state index contributed by atoms with van der Waals surface area (Å²) in [5.41, 5.74) is 0.0935. The van der Waals surface area contributed by atoms with Gasteiger partial charge in [-0.05, 0) is 43.9 Å². The normalized spacial score (nSPS) is 13.0. The summed E-state index contributed by atoms with van der Waals surface area (Å²) < 4.78 is 0. The number of carbonyl (C=O) groups excluding carboxylic acids is 1. The maximum absolute atomic E-state index is 12.4. The Labute approximate surface area is 136 Å². The summed E-state index contributed by atoms with van der Waals surface area (Å²) in [5, 5.41) is 12.6. The topological polar surface area (TPSA) is 66.4 Å². The van der Waals surface area contributed by atoms with Crippen LogP contribution in [-0.2, 0) is 15.0 Å². The Bertz CT molecular complexity index is 523. The lowest BCUT2D eigenvalue weighted by Gasteiger charge is -2.25. The molecule has 0 heterocycles. The average molecular weight is 326 g/mol. The van der Waals surface area contributed by atoms with Crippen LogP contribution in [0.3, 0.4) is 0 Å². The van der Waals surface area contributed by atoms with Gasteiger partial charge in [0.1, 0.15) is 0 Å². The van der Waals surface area contributed by atoms with Crippen LogP contribution < -0.4 is 5.32 Å². The zero-order chi connectivity index (χ0) is 16.9. The van der Waals surface area contributed by atoms with Gasteiger partial charge in [-0.15, -0.1) is 0 Å². The summed E-state index contributed by atoms with van der Waals surface area (Å²) in [7, 11) is 0. The molecule has 22 heavy (non-hydrogen) atoms. The van der Waals surface area contributed by atoms with Crippen molar-refractivity contribution in [1.82, 2.24) is 5.32 Å². The fourth-order valence-corrected chi connectivity index (χ4v) is 2.40. The molecule has 0 saturated carbocycles. The van der Waals surface area contributed by atoms with Crippen molar-refractivity contribution in [3.05, 3.63) is 34.9 Å². The molecule has 0 radical (unpaired) electrons. The van der Waals surface area contributed by atoms with Crippen LogP contribution in [0.15, 0.2) is 24.3 Å². The molecule has 0 saturated heterocycles. The van der Waals surface area contributed by atoms with Crippen molar-refractivity contribution in [2.45, 2.75) is 39.5 Å². The van der Waals surface area contributed by atoms with Gasteiger partial charge in [0, 0.05) is 11.6 Å². The van der Waals surface area contributed by atoms with E-state index in [2.05, 4.69) is 5.32 Å². The van der Waals surface area contributed by atoms with Crippen LogP contribution in [0.1, 0.15) is 39.7 Å². The molecule has 2 N–H and O–H groups in total. The molecule has 1 amide bonds. The van der Waals surface area contributed by atoms with Gasteiger partial charge in [-0.1, -0.05) is 37.6 Å². The summed E-state index contributed by atoms with van der Waals surface area (Å²) in [6.45, 7) is 7.70. The third-order valence-electron chi connectivity index (χ3n) is 3.75. The maximum atomic E-state index is 12.4. The van der Waals surface area contributed by atoms with Gasteiger partial charge in [-0.25, -0.2) is 0 Å². The van der Waals surface area contributed by atoms with Crippen LogP contribution in [0.4, 0.5) is 0 Å². The monoisotopic (exact) mass is 325 g/mol. The number of halogens is 1. The van der Waals surface area contributed by atoms with Gasteiger partial charge in [-0.3, -0.25) is 9.59 Å². The van der Waals surface area contributed by atoms with Crippen molar-refractivity contribution in [3.8, 4) is 0 Å². The number of amides is 1. The number of nitrogens with one attached hydrogen (secondary N) is 1. The first-order valence-electron chi connectivity index (χ1n) is 7.41. The van der Waals surface area contributed by atoms with Crippen molar-refractivity contribution < 1.29 is 14.7 Å². The molecular formula is C17H24ClNO3. The minimum atomic E-state index is -0.877. The summed E-state index contributed by atoms with van der Waals surface area (Å²) in [6, 6.07) is 7.10. The van der Waals surface area contributed by atoms with Gasteiger partial charge in [0.2, 0.25) is 5.91 Å². The van der Waals surface area contributed by atoms with Crippen molar-refractivity contribution in [1.29, 1.82) is 0 Å². The molecule has 0 aromatic heterocycles. The van der Waals surface area contributed by atoms with Crippen LogP contribution in [0.25, 0.3) is 0 Å². The lowest BCUT2D eigenvalue weighted by molar-refractivity contribution is -0.142. The first kappa shape index (κ1) is 18.5. The van der Waals surface area contributed by atoms with Crippen LogP contribution in [0.5, 0.6) is 0 Å². The van der Waals surface area contributed by atoms with Crippen molar-refractivity contribution in [2.75, 3.05) is 6.54 Å². The Hall–Kier alpha value is -1.55. The van der Waals surface area contributed by atoms with Gasteiger partial charge >= 0.3 is 5.97 Å². The second-order valence-electron chi connectivity index (χ2n) is 6.51. The van der Waals surface area contributed by atoms with E-state index in [9.17, 15) is 14.7 Å². The fraction of sp³-hybridized carbons (Fsp3) is 0.529. The van der Waals surface area contributed by atoms with E-state index in [1.165, 1.54) is 0 Å². The number of hydrogen-bond donors (Lipinski definition) is 2.